The maximum atomic E-state index is 12.0. The van der Waals surface area contributed by atoms with Crippen molar-refractivity contribution >= 4 is 35.6 Å². The van der Waals surface area contributed by atoms with Gasteiger partial charge in [0.25, 0.3) is 0 Å². The van der Waals surface area contributed by atoms with Crippen LogP contribution in [-0.4, -0.2) is 80.8 Å². The van der Waals surface area contributed by atoms with Gasteiger partial charge in [0.05, 0.1) is 12.9 Å². The Hall–Kier alpha value is -1.11. The average Bonchev–Trinajstić information content (AvgIpc) is 3.16. The van der Waals surface area contributed by atoms with Crippen molar-refractivity contribution in [3.63, 3.8) is 0 Å². The number of aromatic nitrogens is 2. The average molecular weight is 525 g/mol. The molecule has 0 bridgehead atoms. The first-order valence-electron chi connectivity index (χ1n) is 8.25. The van der Waals surface area contributed by atoms with Crippen molar-refractivity contribution in [1.29, 1.82) is 0 Å². The van der Waals surface area contributed by atoms with E-state index < -0.39 is 60.8 Å². The molecule has 7 atom stereocenters. The molecule has 3 heterocycles. The van der Waals surface area contributed by atoms with E-state index >= 15 is 0 Å². The number of ether oxygens (including phenoxy) is 1. The van der Waals surface area contributed by atoms with Crippen LogP contribution in [-0.2, 0) is 31.7 Å². The molecule has 2 aliphatic heterocycles. The number of aliphatic hydroxyl groups excluding tert-OH is 3. The molecule has 1 aromatic rings. The highest BCUT2D eigenvalue weighted by atomic mass is 31.3. The van der Waals surface area contributed by atoms with E-state index in [0.717, 1.165) is 17.2 Å². The topological polar surface area (TPSA) is 289 Å². The lowest BCUT2D eigenvalue weighted by Crippen LogP contribution is -2.35. The molecule has 1 fully saturated rings. The Bertz CT molecular complexity index is 1030. The van der Waals surface area contributed by atoms with Crippen molar-refractivity contribution in [2.45, 2.75) is 30.7 Å². The number of imidazole rings is 1. The van der Waals surface area contributed by atoms with Gasteiger partial charge in [-0.1, -0.05) is 0 Å². The van der Waals surface area contributed by atoms with Gasteiger partial charge in [-0.25, -0.2) is 28.7 Å². The summed E-state index contributed by atoms with van der Waals surface area (Å²) in [5.74, 6) is -0.0291. The summed E-state index contributed by atoms with van der Waals surface area (Å²) in [7, 11) is -16.9. The smallest absolute Gasteiger partial charge is 0.394 e. The number of rotatable bonds is 8. The Morgan fingerprint density at radius 1 is 1.09 bits per heavy atom. The summed E-state index contributed by atoms with van der Waals surface area (Å²) in [4.78, 5) is 43.6. The van der Waals surface area contributed by atoms with Crippen LogP contribution in [0.3, 0.4) is 0 Å². The third-order valence-corrected chi connectivity index (χ3v) is 7.77. The molecule has 0 amide bonds. The first-order valence-corrected chi connectivity index (χ1v) is 12.8. The fraction of sp³-hybridized carbons (Fsp3) is 0.600. The van der Waals surface area contributed by atoms with Gasteiger partial charge >= 0.3 is 23.5 Å². The standard InChI is InChI=1S/C10H18N5O14P3/c11-8-5-9(14(2-12-5)10-7(18)6(17)4(1-16)26-10)13-3-15(8)27-31(22,23)29-32(24,25)28-30(19,20)21/h2-4,6-8,10,16-18H,1,11H2,(H,22,23)(H,24,25)(H2,19,20,21)/t4-,6?,7?,8?,10-/m1/s1. The molecule has 0 aliphatic carbocycles. The number of nitrogens with two attached hydrogens (primary N) is 1. The summed E-state index contributed by atoms with van der Waals surface area (Å²) in [6, 6.07) is 0. The normalized spacial score (nSPS) is 31.9. The number of hydroxylamine groups is 2. The highest BCUT2D eigenvalue weighted by Crippen LogP contribution is 2.66. The van der Waals surface area contributed by atoms with E-state index in [2.05, 4.69) is 23.2 Å². The van der Waals surface area contributed by atoms with Gasteiger partial charge in [0, 0.05) is 0 Å². The number of aliphatic hydroxyl groups is 3. The number of phosphoric acid groups is 3. The molecule has 19 nitrogen and oxygen atoms in total. The van der Waals surface area contributed by atoms with Gasteiger partial charge in [0.2, 0.25) is 0 Å². The van der Waals surface area contributed by atoms with Crippen LogP contribution in [0, 0.1) is 0 Å². The lowest BCUT2D eigenvalue weighted by molar-refractivity contribution is -0.0536. The molecule has 1 saturated heterocycles. The van der Waals surface area contributed by atoms with E-state index in [1.807, 2.05) is 0 Å². The molecule has 0 saturated carbocycles. The molecule has 2 aliphatic rings. The van der Waals surface area contributed by atoms with Crippen molar-refractivity contribution in [3.8, 4) is 0 Å². The van der Waals surface area contributed by atoms with Gasteiger partial charge in [-0.3, -0.25) is 4.57 Å². The Morgan fingerprint density at radius 2 is 1.75 bits per heavy atom. The van der Waals surface area contributed by atoms with E-state index in [-0.39, 0.29) is 11.5 Å². The molecule has 5 unspecified atom stereocenters. The third kappa shape index (κ3) is 5.51. The minimum atomic E-state index is -5.74. The minimum absolute atomic E-state index is 0.0291. The maximum Gasteiger partial charge on any atom is 0.502 e. The van der Waals surface area contributed by atoms with Gasteiger partial charge in [0.1, 0.15) is 30.3 Å². The van der Waals surface area contributed by atoms with Gasteiger partial charge in [-0.2, -0.15) is 13.2 Å². The van der Waals surface area contributed by atoms with Crippen molar-refractivity contribution in [2.75, 3.05) is 6.61 Å². The van der Waals surface area contributed by atoms with Crippen molar-refractivity contribution < 1.29 is 66.6 Å². The number of hydrogen-bond acceptors (Lipinski definition) is 14. The summed E-state index contributed by atoms with van der Waals surface area (Å²) < 4.78 is 52.2. The summed E-state index contributed by atoms with van der Waals surface area (Å²) in [5, 5.41) is 29.6. The molecule has 0 aromatic carbocycles. The summed E-state index contributed by atoms with van der Waals surface area (Å²) in [5.41, 5.74) is 5.75. The van der Waals surface area contributed by atoms with E-state index in [0.29, 0.717) is 5.06 Å². The van der Waals surface area contributed by atoms with Crippen LogP contribution in [0.15, 0.2) is 11.3 Å². The van der Waals surface area contributed by atoms with E-state index in [1.54, 1.807) is 0 Å². The van der Waals surface area contributed by atoms with Crippen molar-refractivity contribution in [3.05, 3.63) is 12.0 Å². The molecule has 0 spiro atoms. The molecule has 22 heteroatoms. The number of hydrogen-bond donors (Lipinski definition) is 8. The molecular formula is C10H18N5O14P3. The Labute approximate surface area is 177 Å². The number of fused-ring (bicyclic) bond motifs is 1. The first kappa shape index (κ1) is 25.5. The molecule has 0 radical (unpaired) electrons. The molecule has 182 valence electrons. The molecular weight excluding hydrogens is 507 g/mol. The summed E-state index contributed by atoms with van der Waals surface area (Å²) >= 11 is 0. The van der Waals surface area contributed by atoms with Gasteiger partial charge < -0.3 is 45.4 Å². The molecule has 9 N–H and O–H groups in total. The van der Waals surface area contributed by atoms with Crippen LogP contribution in [0.25, 0.3) is 0 Å². The maximum absolute atomic E-state index is 12.0. The second kappa shape index (κ2) is 8.92. The van der Waals surface area contributed by atoms with Crippen LogP contribution < -0.4 is 5.73 Å². The number of aliphatic imine (C=N–C) groups is 1. The highest BCUT2D eigenvalue weighted by molar-refractivity contribution is 7.66. The fourth-order valence-electron chi connectivity index (χ4n) is 2.80. The zero-order valence-corrected chi connectivity index (χ0v) is 18.1. The third-order valence-electron chi connectivity index (χ3n) is 4.05. The largest absolute Gasteiger partial charge is 0.502 e. The predicted octanol–water partition coefficient (Wildman–Crippen LogP) is -2.31. The lowest BCUT2D eigenvalue weighted by Gasteiger charge is -2.29. The second-order valence-corrected chi connectivity index (χ2v) is 10.6. The second-order valence-electron chi connectivity index (χ2n) is 6.31. The Morgan fingerprint density at radius 3 is 2.31 bits per heavy atom. The van der Waals surface area contributed by atoms with E-state index in [1.165, 1.54) is 0 Å². The number of nitrogens with zero attached hydrogens (tertiary/aromatic N) is 4. The monoisotopic (exact) mass is 525 g/mol. The zero-order chi connectivity index (χ0) is 24.1. The predicted molar refractivity (Wildman–Crippen MR) is 97.1 cm³/mol. The Balaban J connectivity index is 1.76. The summed E-state index contributed by atoms with van der Waals surface area (Å²) in [6.45, 7) is -0.581. The quantitative estimate of drug-likeness (QED) is 0.165. The van der Waals surface area contributed by atoms with Crippen molar-refractivity contribution in [1.82, 2.24) is 14.6 Å². The van der Waals surface area contributed by atoms with Crippen molar-refractivity contribution in [2.24, 2.45) is 10.7 Å². The van der Waals surface area contributed by atoms with Crippen LogP contribution in [0.1, 0.15) is 18.1 Å². The van der Waals surface area contributed by atoms with E-state index in [9.17, 15) is 38.8 Å². The van der Waals surface area contributed by atoms with Gasteiger partial charge in [0.15, 0.2) is 18.2 Å². The van der Waals surface area contributed by atoms with Crippen LogP contribution in [0.5, 0.6) is 0 Å². The molecule has 1 aromatic heterocycles. The summed E-state index contributed by atoms with van der Waals surface area (Å²) in [6.07, 6.45) is -4.83. The fourth-order valence-corrected chi connectivity index (χ4v) is 5.80. The van der Waals surface area contributed by atoms with Gasteiger partial charge in [-0.15, -0.1) is 0 Å². The zero-order valence-electron chi connectivity index (χ0n) is 15.4. The molecule has 3 rings (SSSR count). The molecule has 32 heavy (non-hydrogen) atoms. The first-order chi connectivity index (χ1) is 14.6. The van der Waals surface area contributed by atoms with Crippen LogP contribution in [0.2, 0.25) is 0 Å². The highest BCUT2D eigenvalue weighted by Gasteiger charge is 2.46. The van der Waals surface area contributed by atoms with Gasteiger partial charge in [-0.05, 0) is 0 Å². The Kier molecular flexibility index (Phi) is 7.11. The van der Waals surface area contributed by atoms with Crippen LogP contribution >= 0.6 is 23.5 Å². The minimum Gasteiger partial charge on any atom is -0.394 e. The SMILES string of the molecule is NC1c2ncn([C@@H]3O[C@H](CO)C(O)C3O)c2N=CN1OP(=O)(O)OP(=O)(O)OP(=O)(O)O. The lowest BCUT2D eigenvalue weighted by atomic mass is 10.1. The van der Waals surface area contributed by atoms with Crippen LogP contribution in [0.4, 0.5) is 5.82 Å². The van der Waals surface area contributed by atoms with E-state index in [4.69, 9.17) is 20.3 Å².